The number of esters is 1. The third-order valence-electron chi connectivity index (χ3n) is 3.14. The Hall–Kier alpha value is -2.01. The number of rotatable bonds is 3. The molecule has 0 aliphatic carbocycles. The van der Waals surface area contributed by atoms with Crippen molar-refractivity contribution in [2.45, 2.75) is 24.5 Å². The fourth-order valence-electron chi connectivity index (χ4n) is 2.11. The summed E-state index contributed by atoms with van der Waals surface area (Å²) < 4.78 is 10.3. The summed E-state index contributed by atoms with van der Waals surface area (Å²) >= 11 is 0. The van der Waals surface area contributed by atoms with Crippen LogP contribution in [0.15, 0.2) is 15.7 Å². The maximum absolute atomic E-state index is 11.9. The van der Waals surface area contributed by atoms with Gasteiger partial charge in [0.25, 0.3) is 5.56 Å². The molecule has 2 heterocycles. The van der Waals surface area contributed by atoms with Crippen LogP contribution in [0.1, 0.15) is 16.7 Å². The van der Waals surface area contributed by atoms with Gasteiger partial charge in [0, 0.05) is 6.07 Å². The number of nitrogens with one attached hydrogen (secondary N) is 1. The van der Waals surface area contributed by atoms with Crippen LogP contribution in [0.4, 0.5) is 0 Å². The molecule has 1 aliphatic heterocycles. The van der Waals surface area contributed by atoms with Gasteiger partial charge in [0.05, 0.1) is 13.7 Å². The number of methoxy groups -OCH3 is 1. The van der Waals surface area contributed by atoms with E-state index in [0.29, 0.717) is 4.57 Å². The number of aromatic nitrogens is 2. The Labute approximate surface area is 117 Å². The first-order chi connectivity index (χ1) is 9.90. The monoisotopic (exact) mass is 302 g/mol. The number of carbonyl (C=O) groups excluding carboxylic acids is 1. The first-order valence-electron chi connectivity index (χ1n) is 5.97. The maximum Gasteiger partial charge on any atom is 0.355 e. The number of H-pyrrole nitrogens is 1. The van der Waals surface area contributed by atoms with Gasteiger partial charge in [0.1, 0.15) is 24.0 Å². The van der Waals surface area contributed by atoms with Gasteiger partial charge in [-0.05, 0) is 0 Å². The lowest BCUT2D eigenvalue weighted by Gasteiger charge is -2.19. The Balaban J connectivity index is 2.56. The standard InChI is InChI=1S/C11H14N2O8/c1-20-10(18)4-2-6(15)12-11(19)13(4)9-8(17)7(16)5(3-14)21-9/h2,5,7-9,14,16-17H,3H2,1H3,(H,12,15,19)/t5-,7-,8-,9-/m1/s1. The van der Waals surface area contributed by atoms with Crippen LogP contribution in [-0.2, 0) is 9.47 Å². The summed E-state index contributed by atoms with van der Waals surface area (Å²) in [6.07, 6.45) is -5.61. The summed E-state index contributed by atoms with van der Waals surface area (Å²) in [5.41, 5.74) is -2.29. The largest absolute Gasteiger partial charge is 0.464 e. The third-order valence-corrected chi connectivity index (χ3v) is 3.14. The Morgan fingerprint density at radius 1 is 1.43 bits per heavy atom. The summed E-state index contributed by atoms with van der Waals surface area (Å²) in [6.45, 7) is -0.597. The normalized spacial score (nSPS) is 28.6. The molecule has 1 saturated heterocycles. The number of ether oxygens (including phenoxy) is 2. The van der Waals surface area contributed by atoms with E-state index < -0.39 is 54.1 Å². The van der Waals surface area contributed by atoms with Gasteiger partial charge < -0.3 is 24.8 Å². The van der Waals surface area contributed by atoms with Crippen LogP contribution in [0.25, 0.3) is 0 Å². The zero-order valence-corrected chi connectivity index (χ0v) is 10.9. The molecule has 0 aromatic carbocycles. The maximum atomic E-state index is 11.9. The molecular weight excluding hydrogens is 288 g/mol. The van der Waals surface area contributed by atoms with Crippen LogP contribution in [0, 0.1) is 0 Å². The minimum Gasteiger partial charge on any atom is -0.464 e. The summed E-state index contributed by atoms with van der Waals surface area (Å²) in [6, 6.07) is 0.808. The van der Waals surface area contributed by atoms with E-state index in [-0.39, 0.29) is 0 Å². The molecule has 1 fully saturated rings. The minimum absolute atomic E-state index is 0.443. The van der Waals surface area contributed by atoms with Crippen LogP contribution in [0.3, 0.4) is 0 Å². The Morgan fingerprint density at radius 3 is 2.62 bits per heavy atom. The number of hydrogen-bond acceptors (Lipinski definition) is 8. The Morgan fingerprint density at radius 2 is 2.10 bits per heavy atom. The van der Waals surface area contributed by atoms with Crippen molar-refractivity contribution in [1.82, 2.24) is 9.55 Å². The lowest BCUT2D eigenvalue weighted by Crippen LogP contribution is -2.41. The molecule has 0 spiro atoms. The van der Waals surface area contributed by atoms with Crippen molar-refractivity contribution in [3.8, 4) is 0 Å². The van der Waals surface area contributed by atoms with Gasteiger partial charge in [-0.2, -0.15) is 0 Å². The van der Waals surface area contributed by atoms with E-state index in [9.17, 15) is 24.6 Å². The molecule has 1 aromatic heterocycles. The van der Waals surface area contributed by atoms with E-state index in [1.807, 2.05) is 4.98 Å². The first-order valence-corrected chi connectivity index (χ1v) is 5.97. The molecule has 0 unspecified atom stereocenters. The molecule has 2 rings (SSSR count). The topological polar surface area (TPSA) is 151 Å². The van der Waals surface area contributed by atoms with Crippen molar-refractivity contribution < 1.29 is 29.6 Å². The highest BCUT2D eigenvalue weighted by Crippen LogP contribution is 2.28. The van der Waals surface area contributed by atoms with Crippen LogP contribution < -0.4 is 11.2 Å². The molecule has 0 amide bonds. The highest BCUT2D eigenvalue weighted by Gasteiger charge is 2.45. The van der Waals surface area contributed by atoms with Crippen molar-refractivity contribution in [3.05, 3.63) is 32.6 Å². The fourth-order valence-corrected chi connectivity index (χ4v) is 2.11. The number of hydrogen-bond donors (Lipinski definition) is 4. The van der Waals surface area contributed by atoms with Crippen molar-refractivity contribution in [2.24, 2.45) is 0 Å². The number of aliphatic hydroxyl groups excluding tert-OH is 3. The second kappa shape index (κ2) is 5.77. The molecule has 4 atom stereocenters. The number of aliphatic hydroxyl groups is 3. The lowest BCUT2D eigenvalue weighted by molar-refractivity contribution is -0.0563. The summed E-state index contributed by atoms with van der Waals surface area (Å²) in [5, 5.41) is 28.6. The SMILES string of the molecule is COC(=O)c1cc(=O)[nH]c(=O)n1[C@@H]1O[C@H](CO)[C@@H](O)[C@H]1O. The highest BCUT2D eigenvalue weighted by molar-refractivity contribution is 5.87. The zero-order chi connectivity index (χ0) is 15.7. The molecular formula is C11H14N2O8. The second-order valence-corrected chi connectivity index (χ2v) is 4.41. The molecule has 0 radical (unpaired) electrons. The van der Waals surface area contributed by atoms with Crippen LogP contribution in [0.2, 0.25) is 0 Å². The number of aromatic amines is 1. The van der Waals surface area contributed by atoms with Gasteiger partial charge >= 0.3 is 11.7 Å². The average Bonchev–Trinajstić information content (AvgIpc) is 2.73. The van der Waals surface area contributed by atoms with Gasteiger partial charge in [-0.1, -0.05) is 0 Å². The number of nitrogens with zero attached hydrogens (tertiary/aromatic N) is 1. The quantitative estimate of drug-likeness (QED) is 0.429. The van der Waals surface area contributed by atoms with Crippen LogP contribution in [0.5, 0.6) is 0 Å². The molecule has 0 bridgehead atoms. The van der Waals surface area contributed by atoms with E-state index in [1.54, 1.807) is 0 Å². The van der Waals surface area contributed by atoms with E-state index >= 15 is 0 Å². The molecule has 1 aromatic rings. The van der Waals surface area contributed by atoms with E-state index in [1.165, 1.54) is 0 Å². The second-order valence-electron chi connectivity index (χ2n) is 4.41. The molecule has 4 N–H and O–H groups in total. The smallest absolute Gasteiger partial charge is 0.355 e. The Kier molecular flexibility index (Phi) is 4.23. The summed E-state index contributed by atoms with van der Waals surface area (Å²) in [7, 11) is 1.05. The number of carbonyl (C=O) groups is 1. The van der Waals surface area contributed by atoms with Gasteiger partial charge in [-0.3, -0.25) is 14.3 Å². The van der Waals surface area contributed by atoms with Crippen LogP contribution >= 0.6 is 0 Å². The lowest BCUT2D eigenvalue weighted by atomic mass is 10.1. The predicted octanol–water partition coefficient (Wildman–Crippen LogP) is -3.07. The third kappa shape index (κ3) is 2.61. The van der Waals surface area contributed by atoms with Gasteiger partial charge in [0.2, 0.25) is 0 Å². The van der Waals surface area contributed by atoms with Crippen molar-refractivity contribution in [3.63, 3.8) is 0 Å². The van der Waals surface area contributed by atoms with E-state index in [4.69, 9.17) is 9.84 Å². The predicted molar refractivity (Wildman–Crippen MR) is 65.7 cm³/mol. The summed E-state index contributed by atoms with van der Waals surface area (Å²) in [5.74, 6) is -0.990. The molecule has 0 saturated carbocycles. The van der Waals surface area contributed by atoms with E-state index in [2.05, 4.69) is 4.74 Å². The van der Waals surface area contributed by atoms with Crippen molar-refractivity contribution in [2.75, 3.05) is 13.7 Å². The fraction of sp³-hybridized carbons (Fsp3) is 0.545. The summed E-state index contributed by atoms with van der Waals surface area (Å²) in [4.78, 5) is 36.7. The zero-order valence-electron chi connectivity index (χ0n) is 10.9. The van der Waals surface area contributed by atoms with Crippen molar-refractivity contribution in [1.29, 1.82) is 0 Å². The van der Waals surface area contributed by atoms with Gasteiger partial charge in [-0.15, -0.1) is 0 Å². The first kappa shape index (κ1) is 15.4. The molecule has 1 aliphatic rings. The molecule has 10 nitrogen and oxygen atoms in total. The van der Waals surface area contributed by atoms with Crippen LogP contribution in [-0.4, -0.2) is 62.9 Å². The molecule has 10 heteroatoms. The average molecular weight is 302 g/mol. The Bertz CT molecular complexity index is 650. The minimum atomic E-state index is -1.57. The van der Waals surface area contributed by atoms with Gasteiger partial charge in [0.15, 0.2) is 6.23 Å². The van der Waals surface area contributed by atoms with E-state index in [0.717, 1.165) is 13.2 Å². The molecule has 21 heavy (non-hydrogen) atoms. The molecule has 116 valence electrons. The van der Waals surface area contributed by atoms with Crippen molar-refractivity contribution >= 4 is 5.97 Å². The highest BCUT2D eigenvalue weighted by atomic mass is 16.6. The van der Waals surface area contributed by atoms with Gasteiger partial charge in [-0.25, -0.2) is 9.59 Å².